The van der Waals surface area contributed by atoms with E-state index in [1.54, 1.807) is 17.1 Å². The number of rotatable bonds is 3. The minimum atomic E-state index is -4.42. The van der Waals surface area contributed by atoms with Gasteiger partial charge in [-0.3, -0.25) is 0 Å². The Morgan fingerprint density at radius 1 is 1.44 bits per heavy atom. The van der Waals surface area contributed by atoms with Crippen LogP contribution in [-0.2, 0) is 0 Å². The van der Waals surface area contributed by atoms with Gasteiger partial charge in [-0.15, -0.1) is 0 Å². The standard InChI is InChI=1S/C8H13F3N2O2S/c9-8(10,11)4-13-6(14)12-3-7(15)1-2-16-5-7/h15H,1-5H2,(H2,12,13,14). The van der Waals surface area contributed by atoms with Crippen LogP contribution in [0.3, 0.4) is 0 Å². The van der Waals surface area contributed by atoms with Gasteiger partial charge in [0, 0.05) is 12.3 Å². The maximum atomic E-state index is 11.7. The topological polar surface area (TPSA) is 61.4 Å². The molecule has 0 aromatic carbocycles. The molecule has 0 radical (unpaired) electrons. The lowest BCUT2D eigenvalue weighted by atomic mass is 10.0. The zero-order valence-corrected chi connectivity index (χ0v) is 9.25. The van der Waals surface area contributed by atoms with Crippen molar-refractivity contribution in [3.8, 4) is 0 Å². The monoisotopic (exact) mass is 258 g/mol. The average Bonchev–Trinajstić information content (AvgIpc) is 2.59. The van der Waals surface area contributed by atoms with Crippen molar-refractivity contribution in [1.82, 2.24) is 10.6 Å². The van der Waals surface area contributed by atoms with Crippen molar-refractivity contribution in [1.29, 1.82) is 0 Å². The number of amides is 2. The molecular weight excluding hydrogens is 245 g/mol. The summed E-state index contributed by atoms with van der Waals surface area (Å²) in [5.74, 6) is 1.29. The fourth-order valence-electron chi connectivity index (χ4n) is 1.22. The second kappa shape index (κ2) is 5.13. The molecule has 8 heteroatoms. The lowest BCUT2D eigenvalue weighted by Gasteiger charge is -2.21. The third-order valence-electron chi connectivity index (χ3n) is 2.11. The van der Waals surface area contributed by atoms with Crippen LogP contribution >= 0.6 is 11.8 Å². The highest BCUT2D eigenvalue weighted by molar-refractivity contribution is 7.99. The molecule has 1 aliphatic rings. The van der Waals surface area contributed by atoms with Gasteiger partial charge in [-0.25, -0.2) is 4.79 Å². The lowest BCUT2D eigenvalue weighted by Crippen LogP contribution is -2.48. The van der Waals surface area contributed by atoms with Gasteiger partial charge in [-0.1, -0.05) is 0 Å². The zero-order valence-electron chi connectivity index (χ0n) is 8.43. The Morgan fingerprint density at radius 3 is 2.62 bits per heavy atom. The van der Waals surface area contributed by atoms with Crippen LogP contribution in [0.5, 0.6) is 0 Å². The van der Waals surface area contributed by atoms with Gasteiger partial charge >= 0.3 is 12.2 Å². The molecule has 1 atom stereocenters. The fourth-order valence-corrected chi connectivity index (χ4v) is 2.52. The van der Waals surface area contributed by atoms with Crippen molar-refractivity contribution in [2.45, 2.75) is 18.2 Å². The minimum absolute atomic E-state index is 0.0241. The van der Waals surface area contributed by atoms with Gasteiger partial charge in [0.1, 0.15) is 6.54 Å². The van der Waals surface area contributed by atoms with E-state index in [0.717, 1.165) is 5.75 Å². The molecule has 1 saturated heterocycles. The van der Waals surface area contributed by atoms with Crippen LogP contribution in [0.4, 0.5) is 18.0 Å². The Morgan fingerprint density at radius 2 is 2.12 bits per heavy atom. The molecule has 1 heterocycles. The van der Waals surface area contributed by atoms with Crippen LogP contribution in [0.25, 0.3) is 0 Å². The second-order valence-corrected chi connectivity index (χ2v) is 4.78. The molecule has 0 saturated carbocycles. The summed E-state index contributed by atoms with van der Waals surface area (Å²) >= 11 is 1.55. The Balaban J connectivity index is 2.20. The summed E-state index contributed by atoms with van der Waals surface area (Å²) in [6, 6.07) is -0.914. The van der Waals surface area contributed by atoms with Gasteiger partial charge < -0.3 is 15.7 Å². The summed E-state index contributed by atoms with van der Waals surface area (Å²) < 4.78 is 35.2. The average molecular weight is 258 g/mol. The molecule has 3 N–H and O–H groups in total. The normalized spacial score (nSPS) is 25.5. The van der Waals surface area contributed by atoms with E-state index in [-0.39, 0.29) is 6.54 Å². The summed E-state index contributed by atoms with van der Waals surface area (Å²) in [6.07, 6.45) is -3.88. The molecule has 1 aliphatic heterocycles. The number of aliphatic hydroxyl groups is 1. The zero-order chi connectivity index (χ0) is 12.2. The van der Waals surface area contributed by atoms with Gasteiger partial charge in [0.15, 0.2) is 0 Å². The number of thioether (sulfide) groups is 1. The minimum Gasteiger partial charge on any atom is -0.387 e. The summed E-state index contributed by atoms with van der Waals surface area (Å²) in [4.78, 5) is 10.9. The molecule has 16 heavy (non-hydrogen) atoms. The molecule has 2 amide bonds. The number of alkyl halides is 3. The van der Waals surface area contributed by atoms with Crippen molar-refractivity contribution >= 4 is 17.8 Å². The predicted octanol–water partition coefficient (Wildman–Crippen LogP) is 0.716. The van der Waals surface area contributed by atoms with E-state index in [2.05, 4.69) is 5.32 Å². The highest BCUT2D eigenvalue weighted by atomic mass is 32.2. The van der Waals surface area contributed by atoms with Gasteiger partial charge in [0.25, 0.3) is 0 Å². The molecule has 0 spiro atoms. The van der Waals surface area contributed by atoms with Crippen molar-refractivity contribution in [3.63, 3.8) is 0 Å². The van der Waals surface area contributed by atoms with E-state index < -0.39 is 24.4 Å². The number of nitrogens with one attached hydrogen (secondary N) is 2. The maximum Gasteiger partial charge on any atom is 0.405 e. The van der Waals surface area contributed by atoms with E-state index in [1.165, 1.54) is 0 Å². The van der Waals surface area contributed by atoms with E-state index in [1.807, 2.05) is 0 Å². The Kier molecular flexibility index (Phi) is 4.31. The maximum absolute atomic E-state index is 11.7. The molecule has 4 nitrogen and oxygen atoms in total. The van der Waals surface area contributed by atoms with Crippen LogP contribution < -0.4 is 10.6 Å². The predicted molar refractivity (Wildman–Crippen MR) is 54.3 cm³/mol. The van der Waals surface area contributed by atoms with Crippen molar-refractivity contribution in [2.24, 2.45) is 0 Å². The SMILES string of the molecule is O=C(NCC(F)(F)F)NCC1(O)CCSC1. The molecule has 0 bridgehead atoms. The lowest BCUT2D eigenvalue weighted by molar-refractivity contribution is -0.122. The first kappa shape index (κ1) is 13.4. The Hall–Kier alpha value is -0.630. The third-order valence-corrected chi connectivity index (χ3v) is 3.34. The van der Waals surface area contributed by atoms with Gasteiger partial charge in [0.2, 0.25) is 0 Å². The molecule has 1 unspecified atom stereocenters. The summed E-state index contributed by atoms with van der Waals surface area (Å²) in [5, 5.41) is 13.7. The van der Waals surface area contributed by atoms with Crippen molar-refractivity contribution < 1.29 is 23.1 Å². The highest BCUT2D eigenvalue weighted by Crippen LogP contribution is 2.26. The van der Waals surface area contributed by atoms with E-state index in [0.29, 0.717) is 12.2 Å². The Bertz CT molecular complexity index is 254. The number of carbonyl (C=O) groups excluding carboxylic acids is 1. The van der Waals surface area contributed by atoms with Crippen LogP contribution in [-0.4, -0.2) is 47.5 Å². The summed E-state index contributed by atoms with van der Waals surface area (Å²) in [6.45, 7) is -1.39. The summed E-state index contributed by atoms with van der Waals surface area (Å²) in [5.41, 5.74) is -0.986. The van der Waals surface area contributed by atoms with Crippen LogP contribution in [0, 0.1) is 0 Å². The molecule has 94 valence electrons. The van der Waals surface area contributed by atoms with Crippen molar-refractivity contribution in [2.75, 3.05) is 24.6 Å². The second-order valence-electron chi connectivity index (χ2n) is 3.68. The third kappa shape index (κ3) is 4.93. The number of hydrogen-bond acceptors (Lipinski definition) is 3. The fraction of sp³-hybridized carbons (Fsp3) is 0.875. The van der Waals surface area contributed by atoms with Crippen LogP contribution in [0.2, 0.25) is 0 Å². The quantitative estimate of drug-likeness (QED) is 0.699. The van der Waals surface area contributed by atoms with Crippen molar-refractivity contribution in [3.05, 3.63) is 0 Å². The van der Waals surface area contributed by atoms with Crippen LogP contribution in [0.1, 0.15) is 6.42 Å². The van der Waals surface area contributed by atoms with Gasteiger partial charge in [-0.05, 0) is 12.2 Å². The molecule has 1 fully saturated rings. The molecule has 0 aliphatic carbocycles. The Labute approximate surface area is 95.0 Å². The summed E-state index contributed by atoms with van der Waals surface area (Å²) in [7, 11) is 0. The highest BCUT2D eigenvalue weighted by Gasteiger charge is 2.32. The van der Waals surface area contributed by atoms with Crippen LogP contribution in [0.15, 0.2) is 0 Å². The van der Waals surface area contributed by atoms with E-state index in [9.17, 15) is 23.1 Å². The number of halogens is 3. The van der Waals surface area contributed by atoms with Gasteiger partial charge in [-0.2, -0.15) is 24.9 Å². The number of carbonyl (C=O) groups is 1. The number of hydrogen-bond donors (Lipinski definition) is 3. The molecular formula is C8H13F3N2O2S. The first-order valence-corrected chi connectivity index (χ1v) is 5.85. The number of urea groups is 1. The largest absolute Gasteiger partial charge is 0.405 e. The van der Waals surface area contributed by atoms with E-state index >= 15 is 0 Å². The first-order chi connectivity index (χ1) is 7.31. The van der Waals surface area contributed by atoms with E-state index in [4.69, 9.17) is 0 Å². The van der Waals surface area contributed by atoms with Gasteiger partial charge in [0.05, 0.1) is 5.60 Å². The first-order valence-electron chi connectivity index (χ1n) is 4.69. The molecule has 0 aromatic rings. The molecule has 1 rings (SSSR count). The smallest absolute Gasteiger partial charge is 0.387 e. The molecule has 0 aromatic heterocycles.